The van der Waals surface area contributed by atoms with Gasteiger partial charge in [-0.2, -0.15) is 0 Å². The van der Waals surface area contributed by atoms with Gasteiger partial charge in [0.25, 0.3) is 5.91 Å². The molecule has 2 rings (SSSR count). The summed E-state index contributed by atoms with van der Waals surface area (Å²) < 4.78 is 0. The van der Waals surface area contributed by atoms with Gasteiger partial charge in [-0.3, -0.25) is 9.78 Å². The number of carbonyl (C=O) groups excluding carboxylic acids is 1. The Balaban J connectivity index is 1.99. The fourth-order valence-electron chi connectivity index (χ4n) is 1.80. The first-order valence-corrected chi connectivity index (χ1v) is 6.01. The van der Waals surface area contributed by atoms with Crippen LogP contribution in [0, 0.1) is 6.92 Å². The fraction of sp³-hybridized carbons (Fsp3) is 0.500. The van der Waals surface area contributed by atoms with Gasteiger partial charge in [0.05, 0.1) is 16.2 Å². The third-order valence-corrected chi connectivity index (χ3v) is 3.41. The van der Waals surface area contributed by atoms with Gasteiger partial charge in [0, 0.05) is 18.4 Å². The molecular weight excluding hydrogens is 240 g/mol. The summed E-state index contributed by atoms with van der Waals surface area (Å²) in [4.78, 5) is 15.8. The van der Waals surface area contributed by atoms with Crippen LogP contribution in [-0.2, 0) is 0 Å². The van der Waals surface area contributed by atoms with Crippen molar-refractivity contribution in [3.63, 3.8) is 0 Å². The molecular formula is C12H15ClN2O2. The molecule has 1 saturated carbocycles. The average molecular weight is 255 g/mol. The van der Waals surface area contributed by atoms with Crippen LogP contribution in [0.3, 0.4) is 0 Å². The Morgan fingerprint density at radius 1 is 1.65 bits per heavy atom. The average Bonchev–Trinajstić information content (AvgIpc) is 2.23. The van der Waals surface area contributed by atoms with Crippen molar-refractivity contribution < 1.29 is 9.90 Å². The Morgan fingerprint density at radius 2 is 2.35 bits per heavy atom. The molecule has 1 aliphatic rings. The first kappa shape index (κ1) is 12.3. The minimum absolute atomic E-state index is 0.274. The normalized spacial score (nSPS) is 17.4. The number of amides is 1. The van der Waals surface area contributed by atoms with Crippen molar-refractivity contribution in [3.05, 3.63) is 28.5 Å². The van der Waals surface area contributed by atoms with E-state index in [4.69, 9.17) is 11.6 Å². The quantitative estimate of drug-likeness (QED) is 0.863. The second-order valence-electron chi connectivity index (χ2n) is 4.57. The molecule has 5 heteroatoms. The molecule has 1 amide bonds. The van der Waals surface area contributed by atoms with Gasteiger partial charge in [0.2, 0.25) is 0 Å². The summed E-state index contributed by atoms with van der Waals surface area (Å²) in [5.74, 6) is -0.289. The van der Waals surface area contributed by atoms with Crippen LogP contribution >= 0.6 is 11.6 Å². The lowest BCUT2D eigenvalue weighted by molar-refractivity contribution is -0.0300. The maximum atomic E-state index is 11.8. The minimum Gasteiger partial charge on any atom is -0.388 e. The lowest BCUT2D eigenvalue weighted by Gasteiger charge is -2.36. The van der Waals surface area contributed by atoms with Crippen molar-refractivity contribution in [1.29, 1.82) is 0 Å². The zero-order valence-electron chi connectivity index (χ0n) is 9.66. The van der Waals surface area contributed by atoms with E-state index in [1.54, 1.807) is 6.07 Å². The molecule has 0 atom stereocenters. The number of aryl methyl sites for hydroxylation is 1. The maximum Gasteiger partial charge on any atom is 0.254 e. The molecule has 1 heterocycles. The van der Waals surface area contributed by atoms with Crippen molar-refractivity contribution in [3.8, 4) is 0 Å². The number of pyridine rings is 1. The summed E-state index contributed by atoms with van der Waals surface area (Å²) in [7, 11) is 0. The Labute approximate surface area is 105 Å². The first-order chi connectivity index (χ1) is 8.00. The van der Waals surface area contributed by atoms with Crippen molar-refractivity contribution >= 4 is 17.5 Å². The third kappa shape index (κ3) is 2.76. The summed E-state index contributed by atoms with van der Waals surface area (Å²) >= 11 is 5.96. The lowest BCUT2D eigenvalue weighted by atomic mass is 9.80. The van der Waals surface area contributed by atoms with E-state index in [9.17, 15) is 9.90 Å². The van der Waals surface area contributed by atoms with E-state index in [0.717, 1.165) is 25.0 Å². The minimum atomic E-state index is -0.722. The van der Waals surface area contributed by atoms with Crippen molar-refractivity contribution in [2.45, 2.75) is 31.8 Å². The molecule has 0 unspecified atom stereocenters. The summed E-state index contributed by atoms with van der Waals surface area (Å²) in [5, 5.41) is 12.9. The predicted molar refractivity (Wildman–Crippen MR) is 65.1 cm³/mol. The summed E-state index contributed by atoms with van der Waals surface area (Å²) in [5.41, 5.74) is 0.393. The number of nitrogens with zero attached hydrogens (tertiary/aromatic N) is 1. The van der Waals surface area contributed by atoms with Gasteiger partial charge >= 0.3 is 0 Å². The number of halogens is 1. The van der Waals surface area contributed by atoms with E-state index in [1.165, 1.54) is 6.20 Å². The molecule has 92 valence electrons. The topological polar surface area (TPSA) is 62.2 Å². The second kappa shape index (κ2) is 4.63. The molecule has 0 spiro atoms. The van der Waals surface area contributed by atoms with Crippen molar-refractivity contribution in [2.24, 2.45) is 0 Å². The highest BCUT2D eigenvalue weighted by Gasteiger charge is 2.34. The standard InChI is InChI=1S/C12H15ClN2O2/c1-8-5-10(13)9(6-14-8)11(16)15-7-12(17)3-2-4-12/h5-6,17H,2-4,7H2,1H3,(H,15,16). The molecule has 0 aromatic carbocycles. The number of rotatable bonds is 3. The molecule has 17 heavy (non-hydrogen) atoms. The molecule has 1 aromatic heterocycles. The van der Waals surface area contributed by atoms with Gasteiger partial charge in [0.15, 0.2) is 0 Å². The Morgan fingerprint density at radius 3 is 2.88 bits per heavy atom. The van der Waals surface area contributed by atoms with Crippen LogP contribution in [0.5, 0.6) is 0 Å². The van der Waals surface area contributed by atoms with Gasteiger partial charge in [-0.05, 0) is 32.3 Å². The third-order valence-electron chi connectivity index (χ3n) is 3.10. The molecule has 1 fully saturated rings. The lowest BCUT2D eigenvalue weighted by Crippen LogP contribution is -2.47. The second-order valence-corrected chi connectivity index (χ2v) is 4.97. The number of hydrogen-bond acceptors (Lipinski definition) is 3. The summed E-state index contributed by atoms with van der Waals surface area (Å²) in [6.07, 6.45) is 3.96. The molecule has 1 aliphatic carbocycles. The van der Waals surface area contributed by atoms with Crippen LogP contribution in [0.4, 0.5) is 0 Å². The van der Waals surface area contributed by atoms with Crippen LogP contribution in [-0.4, -0.2) is 28.1 Å². The van der Waals surface area contributed by atoms with Gasteiger partial charge in [-0.25, -0.2) is 0 Å². The molecule has 0 radical (unpaired) electrons. The van der Waals surface area contributed by atoms with E-state index < -0.39 is 5.60 Å². The number of hydrogen-bond donors (Lipinski definition) is 2. The van der Waals surface area contributed by atoms with Crippen LogP contribution in [0.2, 0.25) is 5.02 Å². The maximum absolute atomic E-state index is 11.8. The highest BCUT2D eigenvalue weighted by molar-refractivity contribution is 6.33. The van der Waals surface area contributed by atoms with E-state index in [1.807, 2.05) is 6.92 Å². The van der Waals surface area contributed by atoms with Crippen LogP contribution < -0.4 is 5.32 Å². The predicted octanol–water partition coefficient (Wildman–Crippen LogP) is 1.69. The van der Waals surface area contributed by atoms with Gasteiger partial charge < -0.3 is 10.4 Å². The van der Waals surface area contributed by atoms with E-state index in [0.29, 0.717) is 10.6 Å². The highest BCUT2D eigenvalue weighted by atomic mass is 35.5. The van der Waals surface area contributed by atoms with E-state index >= 15 is 0 Å². The summed E-state index contributed by atoms with van der Waals surface area (Å²) in [6.45, 7) is 2.08. The van der Waals surface area contributed by atoms with E-state index in [-0.39, 0.29) is 12.5 Å². The molecule has 0 bridgehead atoms. The number of aromatic nitrogens is 1. The van der Waals surface area contributed by atoms with Crippen LogP contribution in [0.1, 0.15) is 35.3 Å². The Bertz CT molecular complexity index is 444. The van der Waals surface area contributed by atoms with Crippen molar-refractivity contribution in [2.75, 3.05) is 6.54 Å². The SMILES string of the molecule is Cc1cc(Cl)c(C(=O)NCC2(O)CCC2)cn1. The molecule has 0 saturated heterocycles. The van der Waals surface area contributed by atoms with Gasteiger partial charge in [0.1, 0.15) is 0 Å². The van der Waals surface area contributed by atoms with Gasteiger partial charge in [-0.15, -0.1) is 0 Å². The van der Waals surface area contributed by atoms with Crippen molar-refractivity contribution in [1.82, 2.24) is 10.3 Å². The Kier molecular flexibility index (Phi) is 3.35. The first-order valence-electron chi connectivity index (χ1n) is 5.63. The Hall–Kier alpha value is -1.13. The highest BCUT2D eigenvalue weighted by Crippen LogP contribution is 2.30. The zero-order chi connectivity index (χ0) is 12.5. The molecule has 4 nitrogen and oxygen atoms in total. The molecule has 2 N–H and O–H groups in total. The summed E-state index contributed by atoms with van der Waals surface area (Å²) in [6, 6.07) is 1.65. The largest absolute Gasteiger partial charge is 0.388 e. The zero-order valence-corrected chi connectivity index (χ0v) is 10.4. The van der Waals surface area contributed by atoms with Crippen LogP contribution in [0.25, 0.3) is 0 Å². The van der Waals surface area contributed by atoms with Crippen LogP contribution in [0.15, 0.2) is 12.3 Å². The molecule has 0 aliphatic heterocycles. The van der Waals surface area contributed by atoms with Gasteiger partial charge in [-0.1, -0.05) is 11.6 Å². The number of aliphatic hydroxyl groups is 1. The monoisotopic (exact) mass is 254 g/mol. The smallest absolute Gasteiger partial charge is 0.254 e. The number of carbonyl (C=O) groups is 1. The molecule has 1 aromatic rings. The van der Waals surface area contributed by atoms with E-state index in [2.05, 4.69) is 10.3 Å². The fourth-order valence-corrected chi connectivity index (χ4v) is 2.09. The number of nitrogens with one attached hydrogen (secondary N) is 1.